The second kappa shape index (κ2) is 3.21. The topological polar surface area (TPSA) is 75.4 Å². The van der Waals surface area contributed by atoms with Gasteiger partial charge in [-0.25, -0.2) is 0 Å². The Bertz CT molecular complexity index is 239. The molecule has 0 aromatic rings. The Morgan fingerprint density at radius 1 is 1.36 bits per heavy atom. The molecule has 0 radical (unpaired) electrons. The van der Waals surface area contributed by atoms with Crippen LogP contribution in [-0.2, 0) is 4.79 Å². The lowest BCUT2D eigenvalue weighted by molar-refractivity contribution is -0.130. The first-order valence-corrected chi connectivity index (χ1v) is 5.30. The third-order valence-corrected chi connectivity index (χ3v) is 3.72. The minimum absolute atomic E-state index is 0.0498. The number of hydrogen-bond donors (Lipinski definition) is 3. The number of nitrogens with one attached hydrogen (secondary N) is 1. The smallest absolute Gasteiger partial charge is 0.228 e. The summed E-state index contributed by atoms with van der Waals surface area (Å²) >= 11 is 0. The Hall–Kier alpha value is -0.610. The molecule has 0 bridgehead atoms. The van der Waals surface area contributed by atoms with E-state index in [1.165, 1.54) is 0 Å². The molecule has 0 unspecified atom stereocenters. The van der Waals surface area contributed by atoms with E-state index < -0.39 is 0 Å². The van der Waals surface area contributed by atoms with Crippen LogP contribution in [0.25, 0.3) is 0 Å². The van der Waals surface area contributed by atoms with Crippen LogP contribution in [0.2, 0.25) is 0 Å². The zero-order valence-electron chi connectivity index (χ0n) is 8.38. The largest absolute Gasteiger partial charge is 0.394 e. The fraction of sp³-hybridized carbons (Fsp3) is 0.900. The van der Waals surface area contributed by atoms with Gasteiger partial charge in [0.05, 0.1) is 17.6 Å². The van der Waals surface area contributed by atoms with Crippen LogP contribution in [0.5, 0.6) is 0 Å². The normalized spacial score (nSPS) is 26.4. The van der Waals surface area contributed by atoms with Gasteiger partial charge >= 0.3 is 0 Å². The third-order valence-electron chi connectivity index (χ3n) is 3.72. The molecule has 2 fully saturated rings. The van der Waals surface area contributed by atoms with E-state index >= 15 is 0 Å². The van der Waals surface area contributed by atoms with Crippen molar-refractivity contribution in [3.05, 3.63) is 0 Å². The molecule has 4 heteroatoms. The Morgan fingerprint density at radius 3 is 2.29 bits per heavy atom. The predicted molar refractivity (Wildman–Crippen MR) is 52.5 cm³/mol. The van der Waals surface area contributed by atoms with Gasteiger partial charge in [0.1, 0.15) is 0 Å². The van der Waals surface area contributed by atoms with Crippen molar-refractivity contribution in [2.24, 2.45) is 11.1 Å². The van der Waals surface area contributed by atoms with E-state index in [2.05, 4.69) is 5.32 Å². The van der Waals surface area contributed by atoms with Gasteiger partial charge in [-0.3, -0.25) is 4.79 Å². The number of hydrogen-bond acceptors (Lipinski definition) is 3. The summed E-state index contributed by atoms with van der Waals surface area (Å²) in [5.74, 6) is 0.0498. The molecule has 2 saturated carbocycles. The molecule has 0 aliphatic heterocycles. The maximum atomic E-state index is 11.8. The molecular formula is C10H18N2O2. The Morgan fingerprint density at radius 2 is 2.00 bits per heavy atom. The first-order chi connectivity index (χ1) is 6.66. The van der Waals surface area contributed by atoms with E-state index in [9.17, 15) is 9.90 Å². The number of aliphatic hydroxyl groups is 1. The first-order valence-electron chi connectivity index (χ1n) is 5.30. The van der Waals surface area contributed by atoms with E-state index in [0.29, 0.717) is 6.54 Å². The number of rotatable bonds is 4. The zero-order valence-corrected chi connectivity index (χ0v) is 8.38. The number of nitrogens with two attached hydrogens (primary N) is 1. The Kier molecular flexibility index (Phi) is 2.27. The summed E-state index contributed by atoms with van der Waals surface area (Å²) in [5.41, 5.74) is 4.95. The fourth-order valence-corrected chi connectivity index (χ4v) is 1.97. The van der Waals surface area contributed by atoms with Gasteiger partial charge in [-0.15, -0.1) is 0 Å². The van der Waals surface area contributed by atoms with Crippen LogP contribution in [0.4, 0.5) is 0 Å². The monoisotopic (exact) mass is 198 g/mol. The number of aliphatic hydroxyl groups excluding tert-OH is 1. The highest BCUT2D eigenvalue weighted by atomic mass is 16.3. The summed E-state index contributed by atoms with van der Waals surface area (Å²) < 4.78 is 0. The first kappa shape index (κ1) is 9.93. The molecular weight excluding hydrogens is 180 g/mol. The van der Waals surface area contributed by atoms with Crippen LogP contribution >= 0.6 is 0 Å². The van der Waals surface area contributed by atoms with Gasteiger partial charge in [0.2, 0.25) is 5.91 Å². The average molecular weight is 198 g/mol. The van der Waals surface area contributed by atoms with Crippen LogP contribution in [0.15, 0.2) is 0 Å². The SMILES string of the molecule is NCC1(C(=O)NC2(CO)CCC2)CC1. The fourth-order valence-electron chi connectivity index (χ4n) is 1.97. The van der Waals surface area contributed by atoms with E-state index in [4.69, 9.17) is 5.73 Å². The lowest BCUT2D eigenvalue weighted by Crippen LogP contribution is -2.58. The molecule has 0 aromatic heterocycles. The van der Waals surface area contributed by atoms with Gasteiger partial charge in [-0.05, 0) is 32.1 Å². The molecule has 0 spiro atoms. The van der Waals surface area contributed by atoms with Crippen LogP contribution in [0.1, 0.15) is 32.1 Å². The zero-order chi connectivity index (χ0) is 10.2. The lowest BCUT2D eigenvalue weighted by atomic mass is 9.77. The quantitative estimate of drug-likeness (QED) is 0.583. The van der Waals surface area contributed by atoms with E-state index in [1.807, 2.05) is 0 Å². The van der Waals surface area contributed by atoms with E-state index in [-0.39, 0.29) is 23.5 Å². The van der Waals surface area contributed by atoms with Crippen molar-refractivity contribution in [1.29, 1.82) is 0 Å². The third kappa shape index (κ3) is 1.42. The molecule has 14 heavy (non-hydrogen) atoms. The van der Waals surface area contributed by atoms with Crippen molar-refractivity contribution in [3.63, 3.8) is 0 Å². The summed E-state index contributed by atoms with van der Waals surface area (Å²) in [6, 6.07) is 0. The molecule has 0 aromatic carbocycles. The highest BCUT2D eigenvalue weighted by molar-refractivity contribution is 5.86. The second-order valence-electron chi connectivity index (χ2n) is 4.73. The highest BCUT2D eigenvalue weighted by Gasteiger charge is 2.51. The molecule has 0 heterocycles. The van der Waals surface area contributed by atoms with Crippen LogP contribution < -0.4 is 11.1 Å². The summed E-state index contributed by atoms with van der Waals surface area (Å²) in [7, 11) is 0. The Balaban J connectivity index is 1.94. The maximum absolute atomic E-state index is 11.8. The van der Waals surface area contributed by atoms with Crippen molar-refractivity contribution in [3.8, 4) is 0 Å². The predicted octanol–water partition coefficient (Wildman–Crippen LogP) is -0.244. The summed E-state index contributed by atoms with van der Waals surface area (Å²) in [5, 5.41) is 12.2. The van der Waals surface area contributed by atoms with Crippen molar-refractivity contribution in [1.82, 2.24) is 5.32 Å². The summed E-state index contributed by atoms with van der Waals surface area (Å²) in [4.78, 5) is 11.8. The number of amides is 1. The van der Waals surface area contributed by atoms with Crippen LogP contribution in [-0.4, -0.2) is 29.7 Å². The van der Waals surface area contributed by atoms with Gasteiger partial charge in [-0.2, -0.15) is 0 Å². The van der Waals surface area contributed by atoms with Crippen molar-refractivity contribution in [2.75, 3.05) is 13.2 Å². The lowest BCUT2D eigenvalue weighted by Gasteiger charge is -2.41. The molecule has 4 nitrogen and oxygen atoms in total. The molecule has 0 saturated heterocycles. The molecule has 2 rings (SSSR count). The van der Waals surface area contributed by atoms with Gasteiger partial charge in [0.25, 0.3) is 0 Å². The van der Waals surface area contributed by atoms with E-state index in [0.717, 1.165) is 32.1 Å². The molecule has 2 aliphatic carbocycles. The summed E-state index contributed by atoms with van der Waals surface area (Å²) in [6.07, 6.45) is 4.69. The maximum Gasteiger partial charge on any atom is 0.228 e. The summed E-state index contributed by atoms with van der Waals surface area (Å²) in [6.45, 7) is 0.486. The molecule has 1 amide bonds. The van der Waals surface area contributed by atoms with Gasteiger partial charge < -0.3 is 16.2 Å². The van der Waals surface area contributed by atoms with Crippen LogP contribution in [0, 0.1) is 5.41 Å². The van der Waals surface area contributed by atoms with E-state index in [1.54, 1.807) is 0 Å². The molecule has 80 valence electrons. The number of carbonyl (C=O) groups is 1. The van der Waals surface area contributed by atoms with Gasteiger partial charge in [0, 0.05) is 6.54 Å². The second-order valence-corrected chi connectivity index (χ2v) is 4.73. The van der Waals surface area contributed by atoms with Gasteiger partial charge in [-0.1, -0.05) is 0 Å². The highest BCUT2D eigenvalue weighted by Crippen LogP contribution is 2.45. The van der Waals surface area contributed by atoms with Crippen molar-refractivity contribution >= 4 is 5.91 Å². The van der Waals surface area contributed by atoms with Crippen molar-refractivity contribution < 1.29 is 9.90 Å². The molecule has 0 atom stereocenters. The Labute approximate surface area is 83.9 Å². The minimum Gasteiger partial charge on any atom is -0.394 e. The standard InChI is InChI=1S/C10H18N2O2/c11-6-9(4-5-9)8(14)12-10(7-13)2-1-3-10/h13H,1-7,11H2,(H,12,14). The van der Waals surface area contributed by atoms with Gasteiger partial charge in [0.15, 0.2) is 0 Å². The molecule has 2 aliphatic rings. The molecule has 4 N–H and O–H groups in total. The van der Waals surface area contributed by atoms with Crippen molar-refractivity contribution in [2.45, 2.75) is 37.6 Å². The number of carbonyl (C=O) groups excluding carboxylic acids is 1. The minimum atomic E-state index is -0.318. The average Bonchev–Trinajstić information content (AvgIpc) is 2.91. The van der Waals surface area contributed by atoms with Crippen LogP contribution in [0.3, 0.4) is 0 Å².